The quantitative estimate of drug-likeness (QED) is 0.681. The summed E-state index contributed by atoms with van der Waals surface area (Å²) in [5.74, 6) is 1.35. The molecule has 1 aliphatic heterocycles. The Hall–Kier alpha value is -1.85. The third-order valence-electron chi connectivity index (χ3n) is 4.82. The van der Waals surface area contributed by atoms with Gasteiger partial charge in [0, 0.05) is 37.0 Å². The Balaban J connectivity index is 1.74. The van der Waals surface area contributed by atoms with E-state index in [4.69, 9.17) is 16.3 Å². The molecule has 2 heterocycles. The molecule has 0 bridgehead atoms. The van der Waals surface area contributed by atoms with Gasteiger partial charge < -0.3 is 14.2 Å². The topological polar surface area (TPSA) is 47.4 Å². The molecule has 2 aromatic rings. The predicted octanol–water partition coefficient (Wildman–Crippen LogP) is 4.14. The second kappa shape index (κ2) is 9.38. The van der Waals surface area contributed by atoms with Crippen LogP contribution in [0.1, 0.15) is 44.5 Å². The van der Waals surface area contributed by atoms with Crippen LogP contribution in [0.3, 0.4) is 0 Å². The van der Waals surface area contributed by atoms with E-state index >= 15 is 0 Å². The second-order valence-electron chi connectivity index (χ2n) is 7.57. The van der Waals surface area contributed by atoms with Gasteiger partial charge >= 0.3 is 0 Å². The van der Waals surface area contributed by atoms with Crippen molar-refractivity contribution in [2.24, 2.45) is 5.92 Å². The molecule has 1 fully saturated rings. The zero-order valence-corrected chi connectivity index (χ0v) is 16.9. The Morgan fingerprint density at radius 3 is 2.93 bits per heavy atom. The fraction of sp³-hybridized carbons (Fsp3) is 0.524. The number of carbonyl (C=O) groups excluding carboxylic acids is 1. The minimum atomic E-state index is 0.132. The molecule has 6 heteroatoms. The highest BCUT2D eigenvalue weighted by Gasteiger charge is 2.24. The van der Waals surface area contributed by atoms with Crippen molar-refractivity contribution in [2.45, 2.75) is 52.3 Å². The first-order valence-electron chi connectivity index (χ1n) is 9.65. The molecule has 0 aliphatic carbocycles. The number of hydrogen-bond donors (Lipinski definition) is 0. The second-order valence-corrected chi connectivity index (χ2v) is 7.98. The zero-order chi connectivity index (χ0) is 19.2. The lowest BCUT2D eigenvalue weighted by Crippen LogP contribution is -2.38. The van der Waals surface area contributed by atoms with E-state index in [2.05, 4.69) is 23.4 Å². The van der Waals surface area contributed by atoms with E-state index in [0.29, 0.717) is 32.0 Å². The summed E-state index contributed by atoms with van der Waals surface area (Å²) in [6.07, 6.45) is 6.47. The van der Waals surface area contributed by atoms with Gasteiger partial charge in [-0.2, -0.15) is 0 Å². The monoisotopic (exact) mass is 389 g/mol. The summed E-state index contributed by atoms with van der Waals surface area (Å²) in [7, 11) is 0. The maximum Gasteiger partial charge on any atom is 0.223 e. The number of benzene rings is 1. The van der Waals surface area contributed by atoms with Gasteiger partial charge in [0.25, 0.3) is 0 Å². The van der Waals surface area contributed by atoms with Crippen LogP contribution >= 0.6 is 11.6 Å². The van der Waals surface area contributed by atoms with Gasteiger partial charge in [-0.15, -0.1) is 0 Å². The van der Waals surface area contributed by atoms with E-state index in [0.717, 1.165) is 35.9 Å². The molecule has 146 valence electrons. The number of aromatic nitrogens is 2. The van der Waals surface area contributed by atoms with E-state index in [1.165, 1.54) is 0 Å². The maximum absolute atomic E-state index is 12.8. The standard InChI is InChI=1S/C21H28ClN3O2/c1-16(2)12-21(26)25(14-18-7-5-11-27-18)15-20-23-9-10-24(20)13-17-6-3-4-8-19(17)22/h3-4,6,8-10,16,18H,5,7,11-15H2,1-2H3. The van der Waals surface area contributed by atoms with Crippen molar-refractivity contribution >= 4 is 17.5 Å². The van der Waals surface area contributed by atoms with Gasteiger partial charge in [0.15, 0.2) is 0 Å². The smallest absolute Gasteiger partial charge is 0.223 e. The van der Waals surface area contributed by atoms with Gasteiger partial charge in [0.2, 0.25) is 5.91 Å². The molecular formula is C21H28ClN3O2. The summed E-state index contributed by atoms with van der Waals surface area (Å²) < 4.78 is 7.82. The number of carbonyl (C=O) groups is 1. The highest BCUT2D eigenvalue weighted by molar-refractivity contribution is 6.31. The lowest BCUT2D eigenvalue weighted by molar-refractivity contribution is -0.134. The zero-order valence-electron chi connectivity index (χ0n) is 16.1. The highest BCUT2D eigenvalue weighted by Crippen LogP contribution is 2.19. The maximum atomic E-state index is 12.8. The first kappa shape index (κ1) is 19.9. The molecule has 0 N–H and O–H groups in total. The molecule has 1 saturated heterocycles. The van der Waals surface area contributed by atoms with E-state index in [1.54, 1.807) is 6.20 Å². The fourth-order valence-electron chi connectivity index (χ4n) is 3.38. The van der Waals surface area contributed by atoms with Crippen molar-refractivity contribution in [3.63, 3.8) is 0 Å². The summed E-state index contributed by atoms with van der Waals surface area (Å²) >= 11 is 6.31. The summed E-state index contributed by atoms with van der Waals surface area (Å²) in [5, 5.41) is 0.740. The number of nitrogens with zero attached hydrogens (tertiary/aromatic N) is 3. The molecule has 3 rings (SSSR count). The average molecular weight is 390 g/mol. The number of rotatable bonds is 8. The summed E-state index contributed by atoms with van der Waals surface area (Å²) in [5.41, 5.74) is 1.04. The summed E-state index contributed by atoms with van der Waals surface area (Å²) in [6, 6.07) is 7.81. The van der Waals surface area contributed by atoms with Gasteiger partial charge in [0.05, 0.1) is 19.2 Å². The minimum Gasteiger partial charge on any atom is -0.376 e. The molecule has 1 aliphatic rings. The normalized spacial score (nSPS) is 16.8. The Morgan fingerprint density at radius 1 is 1.41 bits per heavy atom. The molecule has 27 heavy (non-hydrogen) atoms. The van der Waals surface area contributed by atoms with Crippen molar-refractivity contribution in [3.05, 3.63) is 53.1 Å². The van der Waals surface area contributed by atoms with Crippen LogP contribution in [-0.2, 0) is 22.6 Å². The largest absolute Gasteiger partial charge is 0.376 e. The highest BCUT2D eigenvalue weighted by atomic mass is 35.5. The molecule has 1 aromatic heterocycles. The van der Waals surface area contributed by atoms with Gasteiger partial charge in [-0.05, 0) is 30.4 Å². The fourth-order valence-corrected chi connectivity index (χ4v) is 3.58. The molecule has 1 amide bonds. The molecule has 1 aromatic carbocycles. The van der Waals surface area contributed by atoms with Gasteiger partial charge in [0.1, 0.15) is 5.82 Å². The van der Waals surface area contributed by atoms with E-state index in [1.807, 2.05) is 35.4 Å². The Morgan fingerprint density at radius 2 is 2.22 bits per heavy atom. The Labute approximate surface area is 166 Å². The predicted molar refractivity (Wildman–Crippen MR) is 107 cm³/mol. The first-order chi connectivity index (χ1) is 13.0. The Kier molecular flexibility index (Phi) is 6.91. The number of halogens is 1. The van der Waals surface area contributed by atoms with Crippen LogP contribution in [0.15, 0.2) is 36.7 Å². The summed E-state index contributed by atoms with van der Waals surface area (Å²) in [6.45, 7) is 6.69. The molecule has 1 unspecified atom stereocenters. The van der Waals surface area contributed by atoms with Crippen molar-refractivity contribution in [1.82, 2.24) is 14.5 Å². The van der Waals surface area contributed by atoms with Crippen LogP contribution in [0.4, 0.5) is 0 Å². The molecule has 1 atom stereocenters. The third kappa shape index (κ3) is 5.56. The lowest BCUT2D eigenvalue weighted by Gasteiger charge is -2.26. The Bertz CT molecular complexity index is 753. The van der Waals surface area contributed by atoms with Crippen LogP contribution in [0.2, 0.25) is 5.02 Å². The van der Waals surface area contributed by atoms with Crippen LogP contribution in [0.5, 0.6) is 0 Å². The van der Waals surface area contributed by atoms with Gasteiger partial charge in [-0.25, -0.2) is 4.98 Å². The number of imidazole rings is 1. The van der Waals surface area contributed by atoms with Crippen molar-refractivity contribution in [2.75, 3.05) is 13.2 Å². The van der Waals surface area contributed by atoms with Crippen molar-refractivity contribution in [1.29, 1.82) is 0 Å². The van der Waals surface area contributed by atoms with Gasteiger partial charge in [-0.1, -0.05) is 43.6 Å². The van der Waals surface area contributed by atoms with E-state index < -0.39 is 0 Å². The third-order valence-corrected chi connectivity index (χ3v) is 5.18. The SMILES string of the molecule is CC(C)CC(=O)N(Cc1nccn1Cc1ccccc1Cl)CC1CCCO1. The lowest BCUT2D eigenvalue weighted by atomic mass is 10.1. The number of hydrogen-bond acceptors (Lipinski definition) is 3. The van der Waals surface area contributed by atoms with Crippen molar-refractivity contribution in [3.8, 4) is 0 Å². The van der Waals surface area contributed by atoms with Crippen LogP contribution in [-0.4, -0.2) is 39.6 Å². The van der Waals surface area contributed by atoms with Crippen LogP contribution in [0, 0.1) is 5.92 Å². The van der Waals surface area contributed by atoms with E-state index in [9.17, 15) is 4.79 Å². The van der Waals surface area contributed by atoms with Crippen LogP contribution in [0.25, 0.3) is 0 Å². The molecule has 0 radical (unpaired) electrons. The molecule has 0 saturated carbocycles. The first-order valence-corrected chi connectivity index (χ1v) is 10.0. The number of ether oxygens (including phenoxy) is 1. The molecular weight excluding hydrogens is 362 g/mol. The molecule has 5 nitrogen and oxygen atoms in total. The molecule has 0 spiro atoms. The van der Waals surface area contributed by atoms with Crippen LogP contribution < -0.4 is 0 Å². The number of amides is 1. The summed E-state index contributed by atoms with van der Waals surface area (Å²) in [4.78, 5) is 19.2. The average Bonchev–Trinajstić information content (AvgIpc) is 3.28. The van der Waals surface area contributed by atoms with E-state index in [-0.39, 0.29) is 12.0 Å². The minimum absolute atomic E-state index is 0.132. The van der Waals surface area contributed by atoms with Gasteiger partial charge in [-0.3, -0.25) is 4.79 Å². The van der Waals surface area contributed by atoms with Crippen molar-refractivity contribution < 1.29 is 9.53 Å².